The molecule has 0 radical (unpaired) electrons. The first-order valence-corrected chi connectivity index (χ1v) is 9.00. The van der Waals surface area contributed by atoms with Gasteiger partial charge in [0.05, 0.1) is 38.5 Å². The maximum Gasteiger partial charge on any atom is 0.234 e. The number of Topliss-reactive ketones (excluding diaryl/α,β-unsaturated/α-hetero) is 1. The smallest absolute Gasteiger partial charge is 0.234 e. The lowest BCUT2D eigenvalue weighted by Gasteiger charge is -2.10. The molecular weight excluding hydrogens is 354 g/mol. The predicted octanol–water partition coefficient (Wildman–Crippen LogP) is 3.27. The summed E-state index contributed by atoms with van der Waals surface area (Å²) < 4.78 is 15.5. The molecule has 0 aliphatic carbocycles. The Morgan fingerprint density at radius 2 is 1.58 bits per heavy atom. The summed E-state index contributed by atoms with van der Waals surface area (Å²) in [6, 6.07) is 12.2. The summed E-state index contributed by atoms with van der Waals surface area (Å²) in [4.78, 5) is 24.3. The van der Waals surface area contributed by atoms with E-state index in [9.17, 15) is 9.59 Å². The second-order valence-electron chi connectivity index (χ2n) is 5.23. The van der Waals surface area contributed by atoms with Crippen LogP contribution in [0.2, 0.25) is 0 Å². The van der Waals surface area contributed by atoms with Crippen molar-refractivity contribution in [2.75, 3.05) is 38.2 Å². The monoisotopic (exact) mass is 375 g/mol. The van der Waals surface area contributed by atoms with Crippen LogP contribution in [0.4, 0.5) is 5.69 Å². The summed E-state index contributed by atoms with van der Waals surface area (Å²) >= 11 is 1.25. The summed E-state index contributed by atoms with van der Waals surface area (Å²) in [5.74, 6) is 1.73. The number of amides is 1. The third-order valence-electron chi connectivity index (χ3n) is 3.55. The highest BCUT2D eigenvalue weighted by atomic mass is 32.2. The van der Waals surface area contributed by atoms with Crippen LogP contribution in [-0.4, -0.2) is 44.5 Å². The Labute approximate surface area is 156 Å². The van der Waals surface area contributed by atoms with Crippen molar-refractivity contribution in [1.82, 2.24) is 0 Å². The fourth-order valence-corrected chi connectivity index (χ4v) is 2.98. The lowest BCUT2D eigenvalue weighted by atomic mass is 10.1. The van der Waals surface area contributed by atoms with E-state index in [1.807, 2.05) is 12.1 Å². The van der Waals surface area contributed by atoms with E-state index in [2.05, 4.69) is 5.32 Å². The largest absolute Gasteiger partial charge is 0.495 e. The Balaban J connectivity index is 1.87. The zero-order valence-corrected chi connectivity index (χ0v) is 15.7. The molecule has 7 heteroatoms. The number of nitrogens with one attached hydrogen (secondary N) is 1. The molecule has 2 aromatic rings. The summed E-state index contributed by atoms with van der Waals surface area (Å²) in [7, 11) is 4.60. The van der Waals surface area contributed by atoms with Crippen LogP contribution >= 0.6 is 11.8 Å². The molecule has 6 nitrogen and oxygen atoms in total. The molecule has 0 fully saturated rings. The van der Waals surface area contributed by atoms with Gasteiger partial charge in [-0.15, -0.1) is 11.8 Å². The number of methoxy groups -OCH3 is 3. The topological polar surface area (TPSA) is 73.9 Å². The zero-order valence-electron chi connectivity index (χ0n) is 14.9. The lowest BCUT2D eigenvalue weighted by molar-refractivity contribution is -0.113. The van der Waals surface area contributed by atoms with Crippen LogP contribution in [0.15, 0.2) is 42.5 Å². The average Bonchev–Trinajstić information content (AvgIpc) is 2.67. The van der Waals surface area contributed by atoms with E-state index in [0.717, 1.165) is 0 Å². The molecule has 0 saturated heterocycles. The summed E-state index contributed by atoms with van der Waals surface area (Å²) in [5.41, 5.74) is 1.12. The van der Waals surface area contributed by atoms with Gasteiger partial charge < -0.3 is 19.5 Å². The molecule has 0 aromatic heterocycles. The number of carbonyl (C=O) groups excluding carboxylic acids is 2. The number of carbonyl (C=O) groups is 2. The number of anilines is 1. The van der Waals surface area contributed by atoms with E-state index < -0.39 is 0 Å². The van der Waals surface area contributed by atoms with E-state index in [1.165, 1.54) is 26.0 Å². The van der Waals surface area contributed by atoms with Gasteiger partial charge in [0.2, 0.25) is 5.91 Å². The normalized spacial score (nSPS) is 10.1. The van der Waals surface area contributed by atoms with Crippen molar-refractivity contribution in [2.45, 2.75) is 0 Å². The first-order chi connectivity index (χ1) is 12.6. The number of rotatable bonds is 9. The van der Waals surface area contributed by atoms with E-state index in [-0.39, 0.29) is 23.2 Å². The molecule has 0 atom stereocenters. The Morgan fingerprint density at radius 1 is 0.885 bits per heavy atom. The molecule has 138 valence electrons. The van der Waals surface area contributed by atoms with E-state index in [1.54, 1.807) is 37.4 Å². The highest BCUT2D eigenvalue weighted by molar-refractivity contribution is 8.00. The van der Waals surface area contributed by atoms with E-state index >= 15 is 0 Å². The standard InChI is InChI=1S/C19H21NO5S/c1-23-16-7-5-4-6-14(16)20-19(22)12-26-11-15(21)13-8-9-17(24-2)18(10-13)25-3/h4-10H,11-12H2,1-3H3,(H,20,22). The van der Waals surface area contributed by atoms with Crippen molar-refractivity contribution in [2.24, 2.45) is 0 Å². The van der Waals surface area contributed by atoms with Gasteiger partial charge in [0.15, 0.2) is 17.3 Å². The molecule has 1 amide bonds. The quantitative estimate of drug-likeness (QED) is 0.678. The van der Waals surface area contributed by atoms with Crippen molar-refractivity contribution in [3.8, 4) is 17.2 Å². The van der Waals surface area contributed by atoms with Crippen molar-refractivity contribution in [3.63, 3.8) is 0 Å². The number of benzene rings is 2. The first kappa shape index (κ1) is 19.7. The van der Waals surface area contributed by atoms with Crippen LogP contribution < -0.4 is 19.5 Å². The summed E-state index contributed by atoms with van der Waals surface area (Å²) in [5, 5.41) is 2.78. The third-order valence-corrected chi connectivity index (χ3v) is 4.49. The molecule has 0 spiro atoms. The Hall–Kier alpha value is -2.67. The fraction of sp³-hybridized carbons (Fsp3) is 0.263. The second-order valence-corrected chi connectivity index (χ2v) is 6.22. The minimum absolute atomic E-state index is 0.0824. The minimum atomic E-state index is -0.195. The molecule has 0 bridgehead atoms. The van der Waals surface area contributed by atoms with Gasteiger partial charge in [0.1, 0.15) is 5.75 Å². The Bertz CT molecular complexity index is 778. The second kappa shape index (κ2) is 9.72. The van der Waals surface area contributed by atoms with Gasteiger partial charge in [-0.25, -0.2) is 0 Å². The predicted molar refractivity (Wildman–Crippen MR) is 103 cm³/mol. The molecule has 2 rings (SSSR count). The minimum Gasteiger partial charge on any atom is -0.495 e. The third kappa shape index (κ3) is 5.16. The van der Waals surface area contributed by atoms with Gasteiger partial charge in [-0.05, 0) is 30.3 Å². The summed E-state index contributed by atoms with van der Waals surface area (Å²) in [6.07, 6.45) is 0. The van der Waals surface area contributed by atoms with Gasteiger partial charge in [-0.1, -0.05) is 12.1 Å². The SMILES string of the molecule is COc1ccccc1NC(=O)CSCC(=O)c1ccc(OC)c(OC)c1. The molecule has 1 N–H and O–H groups in total. The zero-order chi connectivity index (χ0) is 18.9. The number of ketones is 1. The molecule has 0 unspecified atom stereocenters. The molecule has 0 aliphatic heterocycles. The van der Waals surface area contributed by atoms with Crippen LogP contribution in [0, 0.1) is 0 Å². The molecule has 0 aliphatic rings. The number of para-hydroxylation sites is 2. The van der Waals surface area contributed by atoms with E-state index in [4.69, 9.17) is 14.2 Å². The highest BCUT2D eigenvalue weighted by Crippen LogP contribution is 2.28. The summed E-state index contributed by atoms with van der Waals surface area (Å²) in [6.45, 7) is 0. The molecule has 2 aromatic carbocycles. The van der Waals surface area contributed by atoms with Gasteiger partial charge in [0.25, 0.3) is 0 Å². The van der Waals surface area contributed by atoms with Gasteiger partial charge >= 0.3 is 0 Å². The first-order valence-electron chi connectivity index (χ1n) is 7.85. The number of thioether (sulfide) groups is 1. The van der Waals surface area contributed by atoms with Crippen LogP contribution in [-0.2, 0) is 4.79 Å². The van der Waals surface area contributed by atoms with Crippen LogP contribution in [0.25, 0.3) is 0 Å². The van der Waals surface area contributed by atoms with Crippen molar-refractivity contribution in [1.29, 1.82) is 0 Å². The van der Waals surface area contributed by atoms with Crippen molar-refractivity contribution >= 4 is 29.1 Å². The van der Waals surface area contributed by atoms with Crippen LogP contribution in [0.5, 0.6) is 17.2 Å². The molecule has 0 saturated carbocycles. The Morgan fingerprint density at radius 3 is 2.27 bits per heavy atom. The molecule has 26 heavy (non-hydrogen) atoms. The van der Waals surface area contributed by atoms with Crippen molar-refractivity contribution < 1.29 is 23.8 Å². The maximum absolute atomic E-state index is 12.3. The van der Waals surface area contributed by atoms with Gasteiger partial charge in [-0.2, -0.15) is 0 Å². The number of hydrogen-bond acceptors (Lipinski definition) is 6. The molecule has 0 heterocycles. The number of ether oxygens (including phenoxy) is 3. The maximum atomic E-state index is 12.3. The fourth-order valence-electron chi connectivity index (χ4n) is 2.26. The average molecular weight is 375 g/mol. The highest BCUT2D eigenvalue weighted by Gasteiger charge is 2.12. The van der Waals surface area contributed by atoms with Crippen LogP contribution in [0.3, 0.4) is 0 Å². The van der Waals surface area contributed by atoms with Gasteiger partial charge in [-0.3, -0.25) is 9.59 Å². The van der Waals surface area contributed by atoms with Crippen LogP contribution in [0.1, 0.15) is 10.4 Å². The van der Waals surface area contributed by atoms with Gasteiger partial charge in [0, 0.05) is 5.56 Å². The molecular formula is C19H21NO5S. The van der Waals surface area contributed by atoms with Crippen molar-refractivity contribution in [3.05, 3.63) is 48.0 Å². The van der Waals surface area contributed by atoms with E-state index in [0.29, 0.717) is 28.5 Å². The Kier molecular flexibility index (Phi) is 7.35. The lowest BCUT2D eigenvalue weighted by Crippen LogP contribution is -2.16. The number of hydrogen-bond donors (Lipinski definition) is 1.